The van der Waals surface area contributed by atoms with Crippen LogP contribution in [-0.2, 0) is 0 Å². The summed E-state index contributed by atoms with van der Waals surface area (Å²) in [4.78, 5) is 0. The summed E-state index contributed by atoms with van der Waals surface area (Å²) in [5.74, 6) is 0. The molecule has 0 spiro atoms. The summed E-state index contributed by atoms with van der Waals surface area (Å²) in [6.45, 7) is 0. The van der Waals surface area contributed by atoms with Gasteiger partial charge in [0, 0.05) is 5.33 Å². The molecule has 0 heterocycles. The summed E-state index contributed by atoms with van der Waals surface area (Å²) >= 11 is 5.77. The van der Waals surface area contributed by atoms with Gasteiger partial charge in [0.15, 0.2) is 0 Å². The molecule has 0 aromatic carbocycles. The van der Waals surface area contributed by atoms with E-state index in [-0.39, 0.29) is 0 Å². The zero-order valence-corrected chi connectivity index (χ0v) is 9.90. The average Bonchev–Trinajstić information content (AvgIpc) is 1.97. The third kappa shape index (κ3) is 8.95. The Kier molecular flexibility index (Phi) is 10.9. The minimum atomic E-state index is 0.999. The maximum Gasteiger partial charge on any atom is 0.0212 e. The SMILES string of the molecule is BrCC=CCCCCCI. The Labute approximate surface area is 85.7 Å². The van der Waals surface area contributed by atoms with E-state index < -0.39 is 0 Å². The third-order valence-electron chi connectivity index (χ3n) is 1.26. The van der Waals surface area contributed by atoms with Gasteiger partial charge in [0.2, 0.25) is 0 Å². The van der Waals surface area contributed by atoms with Gasteiger partial charge in [0.1, 0.15) is 0 Å². The first-order valence-electron chi connectivity index (χ1n) is 3.68. The van der Waals surface area contributed by atoms with Crippen LogP contribution in [0.15, 0.2) is 12.2 Å². The zero-order chi connectivity index (χ0) is 7.66. The van der Waals surface area contributed by atoms with Crippen LogP contribution in [0.4, 0.5) is 0 Å². The number of alkyl halides is 2. The van der Waals surface area contributed by atoms with Crippen LogP contribution in [0.5, 0.6) is 0 Å². The van der Waals surface area contributed by atoms with Crippen LogP contribution >= 0.6 is 38.5 Å². The zero-order valence-electron chi connectivity index (χ0n) is 6.15. The van der Waals surface area contributed by atoms with Crippen molar-refractivity contribution >= 4 is 38.5 Å². The minimum absolute atomic E-state index is 0.999. The first-order chi connectivity index (χ1) is 4.91. The van der Waals surface area contributed by atoms with Gasteiger partial charge in [-0.15, -0.1) is 0 Å². The largest absolute Gasteiger partial charge is 0.0883 e. The van der Waals surface area contributed by atoms with Crippen molar-refractivity contribution in [1.82, 2.24) is 0 Å². The molecule has 0 saturated carbocycles. The smallest absolute Gasteiger partial charge is 0.0212 e. The number of hydrogen-bond acceptors (Lipinski definition) is 0. The van der Waals surface area contributed by atoms with E-state index in [1.54, 1.807) is 0 Å². The molecular weight excluding hydrogens is 303 g/mol. The van der Waals surface area contributed by atoms with E-state index in [4.69, 9.17) is 0 Å². The fraction of sp³-hybridized carbons (Fsp3) is 0.750. The fourth-order valence-corrected chi connectivity index (χ4v) is 1.52. The van der Waals surface area contributed by atoms with E-state index >= 15 is 0 Å². The number of rotatable bonds is 6. The van der Waals surface area contributed by atoms with Crippen molar-refractivity contribution in [2.45, 2.75) is 25.7 Å². The summed E-state index contributed by atoms with van der Waals surface area (Å²) in [5.41, 5.74) is 0. The van der Waals surface area contributed by atoms with Crippen LogP contribution in [0, 0.1) is 0 Å². The molecule has 0 aliphatic heterocycles. The average molecular weight is 317 g/mol. The van der Waals surface area contributed by atoms with E-state index in [1.165, 1.54) is 30.1 Å². The van der Waals surface area contributed by atoms with Gasteiger partial charge in [-0.3, -0.25) is 0 Å². The Morgan fingerprint density at radius 1 is 1.10 bits per heavy atom. The Morgan fingerprint density at radius 3 is 2.50 bits per heavy atom. The Morgan fingerprint density at radius 2 is 1.90 bits per heavy atom. The van der Waals surface area contributed by atoms with Crippen molar-refractivity contribution in [1.29, 1.82) is 0 Å². The summed E-state index contributed by atoms with van der Waals surface area (Å²) in [6, 6.07) is 0. The maximum absolute atomic E-state index is 3.34. The molecule has 0 atom stereocenters. The Bertz CT molecular complexity index is 81.3. The van der Waals surface area contributed by atoms with Crippen LogP contribution in [0.1, 0.15) is 25.7 Å². The van der Waals surface area contributed by atoms with Crippen molar-refractivity contribution in [3.05, 3.63) is 12.2 Å². The van der Waals surface area contributed by atoms with Crippen LogP contribution in [0.2, 0.25) is 0 Å². The van der Waals surface area contributed by atoms with Crippen molar-refractivity contribution in [2.24, 2.45) is 0 Å². The second-order valence-electron chi connectivity index (χ2n) is 2.16. The molecule has 60 valence electrons. The number of unbranched alkanes of at least 4 members (excludes halogenated alkanes) is 3. The highest BCUT2D eigenvalue weighted by molar-refractivity contribution is 14.1. The molecule has 0 aliphatic rings. The highest BCUT2D eigenvalue weighted by Gasteiger charge is 1.83. The number of hydrogen-bond donors (Lipinski definition) is 0. The molecule has 0 N–H and O–H groups in total. The molecule has 0 amide bonds. The summed E-state index contributed by atoms with van der Waals surface area (Å²) in [7, 11) is 0. The summed E-state index contributed by atoms with van der Waals surface area (Å²) in [5, 5.41) is 0.999. The molecule has 0 nitrogen and oxygen atoms in total. The van der Waals surface area contributed by atoms with E-state index in [0.29, 0.717) is 0 Å². The van der Waals surface area contributed by atoms with E-state index in [9.17, 15) is 0 Å². The van der Waals surface area contributed by atoms with Gasteiger partial charge >= 0.3 is 0 Å². The van der Waals surface area contributed by atoms with Crippen molar-refractivity contribution in [2.75, 3.05) is 9.76 Å². The molecule has 0 saturated heterocycles. The molecule has 0 radical (unpaired) electrons. The van der Waals surface area contributed by atoms with Gasteiger partial charge < -0.3 is 0 Å². The predicted octanol–water partition coefficient (Wildman–Crippen LogP) is 3.93. The van der Waals surface area contributed by atoms with E-state index in [0.717, 1.165) is 5.33 Å². The number of halogens is 2. The minimum Gasteiger partial charge on any atom is -0.0883 e. The van der Waals surface area contributed by atoms with Crippen LogP contribution in [0.3, 0.4) is 0 Å². The summed E-state index contributed by atoms with van der Waals surface area (Å²) in [6.07, 6.45) is 9.79. The van der Waals surface area contributed by atoms with Crippen molar-refractivity contribution < 1.29 is 0 Å². The van der Waals surface area contributed by atoms with Crippen LogP contribution in [0.25, 0.3) is 0 Å². The molecule has 0 aliphatic carbocycles. The molecule has 0 bridgehead atoms. The van der Waals surface area contributed by atoms with E-state index in [1.807, 2.05) is 0 Å². The van der Waals surface area contributed by atoms with Gasteiger partial charge in [-0.25, -0.2) is 0 Å². The predicted molar refractivity (Wildman–Crippen MR) is 60.3 cm³/mol. The molecule has 0 aromatic heterocycles. The molecular formula is C8H14BrI. The van der Waals surface area contributed by atoms with Crippen molar-refractivity contribution in [3.63, 3.8) is 0 Å². The quantitative estimate of drug-likeness (QED) is 0.301. The third-order valence-corrected chi connectivity index (χ3v) is 2.40. The number of allylic oxidation sites excluding steroid dienone is 2. The second-order valence-corrected chi connectivity index (χ2v) is 3.89. The van der Waals surface area contributed by atoms with Crippen LogP contribution in [-0.4, -0.2) is 9.76 Å². The second kappa shape index (κ2) is 9.95. The lowest BCUT2D eigenvalue weighted by Crippen LogP contribution is -1.75. The topological polar surface area (TPSA) is 0 Å². The van der Waals surface area contributed by atoms with Crippen molar-refractivity contribution in [3.8, 4) is 0 Å². The van der Waals surface area contributed by atoms with Gasteiger partial charge in [0.25, 0.3) is 0 Å². The first-order valence-corrected chi connectivity index (χ1v) is 6.33. The Hall–Kier alpha value is 0.950. The monoisotopic (exact) mass is 316 g/mol. The molecule has 0 aromatic rings. The molecule has 2 heteroatoms. The molecule has 0 rings (SSSR count). The summed E-state index contributed by atoms with van der Waals surface area (Å²) < 4.78 is 1.31. The van der Waals surface area contributed by atoms with Gasteiger partial charge in [0.05, 0.1) is 0 Å². The molecule has 10 heavy (non-hydrogen) atoms. The molecule has 0 unspecified atom stereocenters. The van der Waals surface area contributed by atoms with Gasteiger partial charge in [-0.2, -0.15) is 0 Å². The fourth-order valence-electron chi connectivity index (χ4n) is 0.714. The van der Waals surface area contributed by atoms with Crippen LogP contribution < -0.4 is 0 Å². The highest BCUT2D eigenvalue weighted by atomic mass is 127. The lowest BCUT2D eigenvalue weighted by atomic mass is 10.2. The van der Waals surface area contributed by atoms with E-state index in [2.05, 4.69) is 50.7 Å². The van der Waals surface area contributed by atoms with Gasteiger partial charge in [-0.05, 0) is 23.7 Å². The molecule has 0 fully saturated rings. The first kappa shape index (κ1) is 11.0. The van der Waals surface area contributed by atoms with Gasteiger partial charge in [-0.1, -0.05) is 57.1 Å². The normalized spacial score (nSPS) is 11.0. The lowest BCUT2D eigenvalue weighted by Gasteiger charge is -1.92. The maximum atomic E-state index is 3.34. The standard InChI is InChI=1S/C8H14BrI/c9-7-5-3-1-2-4-6-8-10/h3,5H,1-2,4,6-8H2. The highest BCUT2D eigenvalue weighted by Crippen LogP contribution is 2.02. The Balaban J connectivity index is 2.83. The lowest BCUT2D eigenvalue weighted by molar-refractivity contribution is 0.739.